The van der Waals surface area contributed by atoms with Crippen LogP contribution in [0.5, 0.6) is 0 Å². The van der Waals surface area contributed by atoms with E-state index in [1.165, 1.54) is 0 Å². The van der Waals surface area contributed by atoms with Gasteiger partial charge in [-0.1, -0.05) is 6.92 Å². The summed E-state index contributed by atoms with van der Waals surface area (Å²) in [5.74, 6) is -0.131. The van der Waals surface area contributed by atoms with Crippen molar-refractivity contribution < 1.29 is 9.53 Å². The summed E-state index contributed by atoms with van der Waals surface area (Å²) in [6.07, 6.45) is 0.769. The van der Waals surface area contributed by atoms with Gasteiger partial charge in [0.25, 0.3) is 0 Å². The summed E-state index contributed by atoms with van der Waals surface area (Å²) in [6, 6.07) is 0. The lowest BCUT2D eigenvalue weighted by Crippen LogP contribution is -2.20. The van der Waals surface area contributed by atoms with Crippen molar-refractivity contribution in [3.8, 4) is 0 Å². The van der Waals surface area contributed by atoms with Crippen molar-refractivity contribution in [2.75, 3.05) is 6.61 Å². The number of hydrogen-bond donors (Lipinski definition) is 0. The third-order valence-electron chi connectivity index (χ3n) is 2.18. The smallest absolute Gasteiger partial charge is 0.319 e. The van der Waals surface area contributed by atoms with E-state index in [1.54, 1.807) is 23.1 Å². The molecule has 0 aliphatic heterocycles. The molecule has 1 heterocycles. The zero-order chi connectivity index (χ0) is 12.8. The lowest BCUT2D eigenvalue weighted by Gasteiger charge is -2.16. The standard InChI is InChI=1S/C11H18N2O2S2/c1-5-9(11(14)15-6-2)16-7(3)10-13-12-8(4)17-10/h7,9H,5-6H2,1-4H3/t7-,9+/m1/s1. The molecule has 0 aliphatic rings. The molecule has 1 aromatic rings. The molecular formula is C11H18N2O2S2. The third kappa shape index (κ3) is 4.27. The van der Waals surface area contributed by atoms with E-state index in [4.69, 9.17) is 4.74 Å². The Morgan fingerprint density at radius 3 is 2.65 bits per heavy atom. The monoisotopic (exact) mass is 274 g/mol. The number of aryl methyl sites for hydroxylation is 1. The number of esters is 1. The zero-order valence-corrected chi connectivity index (χ0v) is 12.2. The van der Waals surface area contributed by atoms with Crippen LogP contribution in [-0.2, 0) is 9.53 Å². The van der Waals surface area contributed by atoms with Crippen LogP contribution in [0.15, 0.2) is 0 Å². The molecule has 2 atom stereocenters. The summed E-state index contributed by atoms with van der Waals surface area (Å²) < 4.78 is 5.04. The number of ether oxygens (including phenoxy) is 1. The summed E-state index contributed by atoms with van der Waals surface area (Å²) >= 11 is 3.17. The molecule has 0 fully saturated rings. The predicted octanol–water partition coefficient (Wildman–Crippen LogP) is 2.98. The summed E-state index contributed by atoms with van der Waals surface area (Å²) in [4.78, 5) is 11.7. The van der Waals surface area contributed by atoms with E-state index >= 15 is 0 Å². The van der Waals surface area contributed by atoms with Gasteiger partial charge in [-0.3, -0.25) is 4.79 Å². The fourth-order valence-corrected chi connectivity index (χ4v) is 3.31. The van der Waals surface area contributed by atoms with Gasteiger partial charge in [0.05, 0.1) is 11.9 Å². The quantitative estimate of drug-likeness (QED) is 0.746. The van der Waals surface area contributed by atoms with E-state index in [0.717, 1.165) is 16.4 Å². The molecule has 0 bridgehead atoms. The summed E-state index contributed by atoms with van der Waals surface area (Å²) in [5.41, 5.74) is 0. The number of rotatable bonds is 6. The summed E-state index contributed by atoms with van der Waals surface area (Å²) in [5, 5.41) is 10.1. The highest BCUT2D eigenvalue weighted by atomic mass is 32.2. The Balaban J connectivity index is 2.59. The van der Waals surface area contributed by atoms with Crippen LogP contribution in [0.1, 0.15) is 42.5 Å². The van der Waals surface area contributed by atoms with Gasteiger partial charge in [0.1, 0.15) is 15.3 Å². The van der Waals surface area contributed by atoms with Crippen LogP contribution in [0.25, 0.3) is 0 Å². The van der Waals surface area contributed by atoms with Gasteiger partial charge in [0.2, 0.25) is 0 Å². The Labute approximate surface area is 110 Å². The normalized spacial score (nSPS) is 14.4. The van der Waals surface area contributed by atoms with Crippen molar-refractivity contribution in [1.29, 1.82) is 0 Å². The molecule has 0 radical (unpaired) electrons. The summed E-state index contributed by atoms with van der Waals surface area (Å²) in [7, 11) is 0. The van der Waals surface area contributed by atoms with Gasteiger partial charge >= 0.3 is 5.97 Å². The number of carbonyl (C=O) groups is 1. The highest BCUT2D eigenvalue weighted by Crippen LogP contribution is 2.34. The van der Waals surface area contributed by atoms with Crippen LogP contribution in [0.4, 0.5) is 0 Å². The molecule has 0 N–H and O–H groups in total. The molecule has 4 nitrogen and oxygen atoms in total. The zero-order valence-electron chi connectivity index (χ0n) is 10.6. The molecule has 6 heteroatoms. The van der Waals surface area contributed by atoms with E-state index in [9.17, 15) is 4.79 Å². The number of aromatic nitrogens is 2. The minimum atomic E-state index is -0.131. The van der Waals surface area contributed by atoms with E-state index in [1.807, 2.05) is 27.7 Å². The molecule has 0 unspecified atom stereocenters. The first-order valence-corrected chi connectivity index (χ1v) is 7.46. The molecule has 17 heavy (non-hydrogen) atoms. The minimum absolute atomic E-state index is 0.117. The molecule has 1 aromatic heterocycles. The highest BCUT2D eigenvalue weighted by Gasteiger charge is 2.23. The average Bonchev–Trinajstić information content (AvgIpc) is 2.72. The maximum absolute atomic E-state index is 11.7. The fourth-order valence-electron chi connectivity index (χ4n) is 1.33. The molecule has 0 aromatic carbocycles. The summed E-state index contributed by atoms with van der Waals surface area (Å²) in [6.45, 7) is 8.23. The SMILES string of the molecule is CCOC(=O)[C@H](CC)S[C@H](C)c1nnc(C)s1. The second kappa shape index (κ2) is 6.96. The molecule has 0 saturated carbocycles. The van der Waals surface area contributed by atoms with Crippen LogP contribution >= 0.6 is 23.1 Å². The maximum Gasteiger partial charge on any atom is 0.319 e. The van der Waals surface area contributed by atoms with Gasteiger partial charge in [0.15, 0.2) is 0 Å². The average molecular weight is 274 g/mol. The number of thioether (sulfide) groups is 1. The van der Waals surface area contributed by atoms with Crippen molar-refractivity contribution in [2.45, 2.75) is 44.6 Å². The van der Waals surface area contributed by atoms with Crippen LogP contribution < -0.4 is 0 Å². The van der Waals surface area contributed by atoms with Crippen molar-refractivity contribution >= 4 is 29.1 Å². The molecule has 1 rings (SSSR count). The van der Waals surface area contributed by atoms with E-state index in [-0.39, 0.29) is 16.5 Å². The van der Waals surface area contributed by atoms with Gasteiger partial charge in [-0.25, -0.2) is 0 Å². The third-order valence-corrected chi connectivity index (χ3v) is 4.83. The largest absolute Gasteiger partial charge is 0.465 e. The molecule has 0 amide bonds. The first-order chi connectivity index (χ1) is 8.08. The van der Waals surface area contributed by atoms with Crippen molar-refractivity contribution in [2.24, 2.45) is 0 Å². The van der Waals surface area contributed by atoms with Crippen LogP contribution in [0.2, 0.25) is 0 Å². The van der Waals surface area contributed by atoms with Crippen molar-refractivity contribution in [3.63, 3.8) is 0 Å². The van der Waals surface area contributed by atoms with Gasteiger partial charge < -0.3 is 4.74 Å². The van der Waals surface area contributed by atoms with E-state index in [2.05, 4.69) is 10.2 Å². The molecule has 0 aliphatic carbocycles. The Morgan fingerprint density at radius 1 is 1.47 bits per heavy atom. The Kier molecular flexibility index (Phi) is 5.91. The van der Waals surface area contributed by atoms with Gasteiger partial charge in [-0.05, 0) is 27.2 Å². The lowest BCUT2D eigenvalue weighted by atomic mass is 10.3. The Morgan fingerprint density at radius 2 is 2.18 bits per heavy atom. The van der Waals surface area contributed by atoms with Crippen LogP contribution in [0.3, 0.4) is 0 Å². The second-order valence-electron chi connectivity index (χ2n) is 3.59. The number of hydrogen-bond acceptors (Lipinski definition) is 6. The fraction of sp³-hybridized carbons (Fsp3) is 0.727. The lowest BCUT2D eigenvalue weighted by molar-refractivity contribution is -0.142. The van der Waals surface area contributed by atoms with E-state index in [0.29, 0.717) is 6.61 Å². The van der Waals surface area contributed by atoms with Crippen molar-refractivity contribution in [3.05, 3.63) is 10.0 Å². The minimum Gasteiger partial charge on any atom is -0.465 e. The topological polar surface area (TPSA) is 52.1 Å². The second-order valence-corrected chi connectivity index (χ2v) is 6.35. The first kappa shape index (κ1) is 14.4. The Bertz CT molecular complexity index is 368. The highest BCUT2D eigenvalue weighted by molar-refractivity contribution is 8.00. The van der Waals surface area contributed by atoms with Crippen molar-refractivity contribution in [1.82, 2.24) is 10.2 Å². The Hall–Kier alpha value is -0.620. The number of nitrogens with zero attached hydrogens (tertiary/aromatic N) is 2. The predicted molar refractivity (Wildman–Crippen MR) is 71.4 cm³/mol. The molecule has 0 spiro atoms. The first-order valence-electron chi connectivity index (χ1n) is 5.70. The van der Waals surface area contributed by atoms with Gasteiger partial charge in [-0.2, -0.15) is 0 Å². The number of carbonyl (C=O) groups excluding carboxylic acids is 1. The van der Waals surface area contributed by atoms with Crippen LogP contribution in [-0.4, -0.2) is 28.0 Å². The van der Waals surface area contributed by atoms with Gasteiger partial charge in [-0.15, -0.1) is 33.3 Å². The molecule has 96 valence electrons. The maximum atomic E-state index is 11.7. The van der Waals surface area contributed by atoms with E-state index < -0.39 is 0 Å². The molecular weight excluding hydrogens is 256 g/mol. The van der Waals surface area contributed by atoms with Crippen LogP contribution in [0, 0.1) is 6.92 Å². The molecule has 0 saturated heterocycles. The van der Waals surface area contributed by atoms with Gasteiger partial charge in [0, 0.05) is 0 Å².